The predicted octanol–water partition coefficient (Wildman–Crippen LogP) is 0.751. The third kappa shape index (κ3) is 5.53. The van der Waals surface area contributed by atoms with Crippen LogP contribution < -0.4 is 5.46 Å². The highest BCUT2D eigenvalue weighted by molar-refractivity contribution is 6.58. The van der Waals surface area contributed by atoms with E-state index in [-0.39, 0.29) is 6.54 Å². The van der Waals surface area contributed by atoms with Crippen molar-refractivity contribution in [3.05, 3.63) is 29.8 Å². The topological polar surface area (TPSA) is 43.7 Å². The van der Waals surface area contributed by atoms with Crippen LogP contribution in [0.1, 0.15) is 12.0 Å². The molecule has 0 heterocycles. The van der Waals surface area contributed by atoms with E-state index >= 15 is 0 Å². The van der Waals surface area contributed by atoms with E-state index in [9.17, 15) is 13.2 Å². The van der Waals surface area contributed by atoms with Gasteiger partial charge in [-0.3, -0.25) is 0 Å². The summed E-state index contributed by atoms with van der Waals surface area (Å²) in [5.41, 5.74) is 1.07. The van der Waals surface area contributed by atoms with E-state index < -0.39 is 19.7 Å². The molecule has 0 amide bonds. The molecular formula is C11H15BF3NO2. The summed E-state index contributed by atoms with van der Waals surface area (Å²) in [5.74, 6) is 0. The van der Waals surface area contributed by atoms with Gasteiger partial charge in [0.05, 0.1) is 6.42 Å². The van der Waals surface area contributed by atoms with Crippen LogP contribution >= 0.6 is 0 Å². The zero-order valence-corrected chi connectivity index (χ0v) is 9.98. The van der Waals surface area contributed by atoms with Crippen molar-refractivity contribution in [1.29, 1.82) is 0 Å². The SMILES string of the molecule is CN(CCC(F)(F)F)Cc1cccc(B(O)O)c1. The molecule has 0 fully saturated rings. The van der Waals surface area contributed by atoms with Crippen molar-refractivity contribution in [2.75, 3.05) is 13.6 Å². The lowest BCUT2D eigenvalue weighted by Gasteiger charge is -2.18. The van der Waals surface area contributed by atoms with Gasteiger partial charge in [0.15, 0.2) is 0 Å². The molecule has 1 aromatic rings. The number of hydrogen-bond acceptors (Lipinski definition) is 3. The molecule has 0 spiro atoms. The number of halogens is 3. The van der Waals surface area contributed by atoms with Crippen LogP contribution in [0.3, 0.4) is 0 Å². The monoisotopic (exact) mass is 261 g/mol. The lowest BCUT2D eigenvalue weighted by Crippen LogP contribution is -2.30. The first-order valence-corrected chi connectivity index (χ1v) is 5.48. The minimum atomic E-state index is -4.16. The number of nitrogens with zero attached hydrogens (tertiary/aromatic N) is 1. The predicted molar refractivity (Wildman–Crippen MR) is 63.3 cm³/mol. The van der Waals surface area contributed by atoms with Crippen molar-refractivity contribution in [2.45, 2.75) is 19.1 Å². The molecule has 0 bridgehead atoms. The fraction of sp³-hybridized carbons (Fsp3) is 0.455. The Bertz CT molecular complexity index is 385. The molecule has 0 aromatic heterocycles. The summed E-state index contributed by atoms with van der Waals surface area (Å²) in [5, 5.41) is 18.0. The van der Waals surface area contributed by atoms with Gasteiger partial charge in [-0.1, -0.05) is 24.3 Å². The Labute approximate surface area is 104 Å². The van der Waals surface area contributed by atoms with Crippen molar-refractivity contribution in [3.8, 4) is 0 Å². The Kier molecular flexibility index (Phi) is 5.19. The molecule has 0 saturated carbocycles. The van der Waals surface area contributed by atoms with Gasteiger partial charge in [0.2, 0.25) is 0 Å². The third-order valence-corrected chi connectivity index (χ3v) is 2.48. The Morgan fingerprint density at radius 1 is 1.28 bits per heavy atom. The Hall–Kier alpha value is -1.05. The fourth-order valence-corrected chi connectivity index (χ4v) is 1.56. The van der Waals surface area contributed by atoms with Crippen LogP contribution in [0.15, 0.2) is 24.3 Å². The molecule has 1 aromatic carbocycles. The van der Waals surface area contributed by atoms with E-state index in [0.717, 1.165) is 5.56 Å². The van der Waals surface area contributed by atoms with Gasteiger partial charge in [0.1, 0.15) is 0 Å². The maximum atomic E-state index is 12.0. The molecular weight excluding hydrogens is 246 g/mol. The van der Waals surface area contributed by atoms with Crippen LogP contribution in [0.4, 0.5) is 13.2 Å². The molecule has 0 unspecified atom stereocenters. The van der Waals surface area contributed by atoms with Crippen LogP contribution in [0.5, 0.6) is 0 Å². The summed E-state index contributed by atoms with van der Waals surface area (Å²) in [6.07, 6.45) is -5.01. The summed E-state index contributed by atoms with van der Waals surface area (Å²) in [6.45, 7) is 0.242. The molecule has 0 aliphatic heterocycles. The normalized spacial score (nSPS) is 11.9. The first kappa shape index (κ1) is 15.0. The van der Waals surface area contributed by atoms with E-state index in [4.69, 9.17) is 10.0 Å². The number of hydrogen-bond donors (Lipinski definition) is 2. The van der Waals surface area contributed by atoms with Crippen LogP contribution in [0.2, 0.25) is 0 Å². The fourth-order valence-electron chi connectivity index (χ4n) is 1.56. The Morgan fingerprint density at radius 2 is 1.94 bits per heavy atom. The lowest BCUT2D eigenvalue weighted by atomic mass is 9.79. The van der Waals surface area contributed by atoms with Gasteiger partial charge < -0.3 is 14.9 Å². The number of alkyl halides is 3. The zero-order chi connectivity index (χ0) is 13.8. The average Bonchev–Trinajstić information content (AvgIpc) is 2.26. The van der Waals surface area contributed by atoms with Crippen molar-refractivity contribution in [3.63, 3.8) is 0 Å². The minimum Gasteiger partial charge on any atom is -0.423 e. The highest BCUT2D eigenvalue weighted by Gasteiger charge is 2.27. The second kappa shape index (κ2) is 6.22. The molecule has 100 valence electrons. The van der Waals surface area contributed by atoms with Crippen LogP contribution in [-0.2, 0) is 6.54 Å². The molecule has 0 aliphatic rings. The molecule has 0 radical (unpaired) electrons. The maximum absolute atomic E-state index is 12.0. The van der Waals surface area contributed by atoms with Gasteiger partial charge in [-0.2, -0.15) is 13.2 Å². The summed E-state index contributed by atoms with van der Waals surface area (Å²) in [4.78, 5) is 1.54. The van der Waals surface area contributed by atoms with Crippen molar-refractivity contribution < 1.29 is 23.2 Å². The highest BCUT2D eigenvalue weighted by Crippen LogP contribution is 2.19. The molecule has 18 heavy (non-hydrogen) atoms. The number of rotatable bonds is 5. The van der Waals surface area contributed by atoms with Gasteiger partial charge in [0, 0.05) is 13.1 Å². The van der Waals surface area contributed by atoms with Crippen LogP contribution in [-0.4, -0.2) is 41.8 Å². The second-order valence-corrected chi connectivity index (χ2v) is 4.22. The zero-order valence-electron chi connectivity index (χ0n) is 9.98. The molecule has 0 saturated heterocycles. The van der Waals surface area contributed by atoms with Crippen LogP contribution in [0, 0.1) is 0 Å². The summed E-state index contributed by atoms with van der Waals surface area (Å²) < 4.78 is 36.1. The molecule has 7 heteroatoms. The van der Waals surface area contributed by atoms with Gasteiger partial charge >= 0.3 is 13.3 Å². The quantitative estimate of drug-likeness (QED) is 0.769. The highest BCUT2D eigenvalue weighted by atomic mass is 19.4. The second-order valence-electron chi connectivity index (χ2n) is 4.22. The molecule has 1 rings (SSSR count). The van der Waals surface area contributed by atoms with Gasteiger partial charge in [-0.25, -0.2) is 0 Å². The number of benzene rings is 1. The standard InChI is InChI=1S/C11H15BF3NO2/c1-16(6-5-11(13,14)15)8-9-3-2-4-10(7-9)12(17)18/h2-4,7,17-18H,5-6,8H2,1H3. The van der Waals surface area contributed by atoms with Gasteiger partial charge in [-0.15, -0.1) is 0 Å². The summed E-state index contributed by atoms with van der Waals surface area (Å²) >= 11 is 0. The first-order valence-electron chi connectivity index (χ1n) is 5.48. The molecule has 0 atom stereocenters. The maximum Gasteiger partial charge on any atom is 0.488 e. The van der Waals surface area contributed by atoms with E-state index in [2.05, 4.69) is 0 Å². The van der Waals surface area contributed by atoms with Crippen molar-refractivity contribution in [2.24, 2.45) is 0 Å². The van der Waals surface area contributed by atoms with E-state index in [1.54, 1.807) is 31.3 Å². The van der Waals surface area contributed by atoms with Crippen molar-refractivity contribution >= 4 is 12.6 Å². The lowest BCUT2D eigenvalue weighted by molar-refractivity contribution is -0.137. The average molecular weight is 261 g/mol. The molecule has 3 nitrogen and oxygen atoms in total. The van der Waals surface area contributed by atoms with E-state index in [1.807, 2.05) is 0 Å². The summed E-state index contributed by atoms with van der Waals surface area (Å²) in [7, 11) is 0.0266. The Balaban J connectivity index is 2.54. The van der Waals surface area contributed by atoms with Gasteiger partial charge in [-0.05, 0) is 18.1 Å². The van der Waals surface area contributed by atoms with Crippen molar-refractivity contribution in [1.82, 2.24) is 4.90 Å². The first-order chi connectivity index (χ1) is 8.28. The van der Waals surface area contributed by atoms with Crippen LogP contribution in [0.25, 0.3) is 0 Å². The minimum absolute atomic E-state index is 0.0879. The van der Waals surface area contributed by atoms with Gasteiger partial charge in [0.25, 0.3) is 0 Å². The Morgan fingerprint density at radius 3 is 2.50 bits per heavy atom. The summed E-state index contributed by atoms with van der Waals surface area (Å²) in [6, 6.07) is 6.48. The molecule has 2 N–H and O–H groups in total. The molecule has 0 aliphatic carbocycles. The van der Waals surface area contributed by atoms with E-state index in [1.165, 1.54) is 4.90 Å². The smallest absolute Gasteiger partial charge is 0.423 e. The largest absolute Gasteiger partial charge is 0.488 e. The van der Waals surface area contributed by atoms with E-state index in [0.29, 0.717) is 12.0 Å². The third-order valence-electron chi connectivity index (χ3n) is 2.48.